The molecule has 0 bridgehead atoms. The normalized spacial score (nSPS) is 14.3. The van der Waals surface area contributed by atoms with E-state index in [1.54, 1.807) is 30.7 Å². The van der Waals surface area contributed by atoms with Gasteiger partial charge in [-0.05, 0) is 42.7 Å². The first-order valence-electron chi connectivity index (χ1n) is 11.4. The second kappa shape index (κ2) is 10.1. The van der Waals surface area contributed by atoms with Crippen LogP contribution in [-0.4, -0.2) is 46.9 Å². The van der Waals surface area contributed by atoms with Crippen LogP contribution in [0, 0.1) is 0 Å². The number of fused-ring (bicyclic) bond motifs is 1. The van der Waals surface area contributed by atoms with Gasteiger partial charge in [0, 0.05) is 47.2 Å². The summed E-state index contributed by atoms with van der Waals surface area (Å²) in [6.07, 6.45) is 3.99. The van der Waals surface area contributed by atoms with E-state index in [0.717, 1.165) is 34.3 Å². The number of rotatable bonds is 6. The molecule has 2 amide bonds. The van der Waals surface area contributed by atoms with Crippen LogP contribution >= 0.6 is 22.9 Å². The number of H-pyrrole nitrogens is 1. The molecule has 5 rings (SSSR count). The van der Waals surface area contributed by atoms with E-state index in [9.17, 15) is 9.59 Å². The molecule has 9 heteroatoms. The van der Waals surface area contributed by atoms with Gasteiger partial charge in [-0.3, -0.25) is 9.59 Å². The fourth-order valence-electron chi connectivity index (χ4n) is 4.45. The number of hydrogen-bond donors (Lipinski definition) is 2. The lowest BCUT2D eigenvalue weighted by molar-refractivity contribution is -0.131. The van der Waals surface area contributed by atoms with Gasteiger partial charge in [-0.15, -0.1) is 11.3 Å². The van der Waals surface area contributed by atoms with Crippen LogP contribution in [0.5, 0.6) is 5.75 Å². The molecule has 0 aliphatic carbocycles. The number of amides is 2. The second-order valence-corrected chi connectivity index (χ2v) is 9.86. The molecular formula is C26H25ClN4O3S. The van der Waals surface area contributed by atoms with Crippen LogP contribution in [0.4, 0.5) is 5.69 Å². The van der Waals surface area contributed by atoms with Crippen LogP contribution < -0.4 is 10.1 Å². The molecule has 7 nitrogen and oxygen atoms in total. The molecule has 4 aromatic rings. The monoisotopic (exact) mass is 508 g/mol. The number of anilines is 1. The second-order valence-electron chi connectivity index (χ2n) is 8.57. The van der Waals surface area contributed by atoms with Gasteiger partial charge in [0.05, 0.1) is 23.6 Å². The largest absolute Gasteiger partial charge is 0.495 e. The first kappa shape index (κ1) is 23.4. The zero-order valence-corrected chi connectivity index (χ0v) is 20.8. The number of nitrogens with zero attached hydrogens (tertiary/aromatic N) is 2. The molecule has 0 spiro atoms. The fraction of sp³-hybridized carbons (Fsp3) is 0.269. The Morgan fingerprint density at radius 1 is 1.23 bits per heavy atom. The zero-order valence-electron chi connectivity index (χ0n) is 19.2. The van der Waals surface area contributed by atoms with Crippen molar-refractivity contribution in [3.8, 4) is 5.75 Å². The summed E-state index contributed by atoms with van der Waals surface area (Å²) >= 11 is 7.64. The van der Waals surface area contributed by atoms with Crippen molar-refractivity contribution >= 4 is 51.3 Å². The molecule has 0 radical (unpaired) electrons. The summed E-state index contributed by atoms with van der Waals surface area (Å²) in [7, 11) is 1.54. The minimum absolute atomic E-state index is 0.144. The summed E-state index contributed by atoms with van der Waals surface area (Å²) in [5.41, 5.74) is 3.04. The molecule has 35 heavy (non-hydrogen) atoms. The number of para-hydroxylation sites is 1. The minimum atomic E-state index is -0.278. The Hall–Kier alpha value is -3.36. The van der Waals surface area contributed by atoms with E-state index in [1.807, 2.05) is 35.4 Å². The van der Waals surface area contributed by atoms with E-state index < -0.39 is 0 Å². The molecular weight excluding hydrogens is 484 g/mol. The van der Waals surface area contributed by atoms with Gasteiger partial charge in [-0.1, -0.05) is 29.8 Å². The number of benzene rings is 2. The van der Waals surface area contributed by atoms with Crippen molar-refractivity contribution in [3.63, 3.8) is 0 Å². The van der Waals surface area contributed by atoms with Gasteiger partial charge in [-0.2, -0.15) is 0 Å². The van der Waals surface area contributed by atoms with E-state index in [1.165, 1.54) is 11.3 Å². The lowest BCUT2D eigenvalue weighted by atomic mass is 9.97. The van der Waals surface area contributed by atoms with Gasteiger partial charge in [0.1, 0.15) is 11.4 Å². The zero-order chi connectivity index (χ0) is 24.4. The number of aromatic nitrogens is 2. The number of nitrogens with one attached hydrogen (secondary N) is 2. The molecule has 1 fully saturated rings. The van der Waals surface area contributed by atoms with Crippen molar-refractivity contribution in [1.29, 1.82) is 0 Å². The molecule has 0 saturated carbocycles. The molecule has 1 aliphatic heterocycles. The number of piperidine rings is 1. The summed E-state index contributed by atoms with van der Waals surface area (Å²) in [5.74, 6) is 0.659. The lowest BCUT2D eigenvalue weighted by Gasteiger charge is -2.31. The Kier molecular flexibility index (Phi) is 6.74. The predicted octanol–water partition coefficient (Wildman–Crippen LogP) is 5.49. The first-order chi connectivity index (χ1) is 17.0. The van der Waals surface area contributed by atoms with Crippen molar-refractivity contribution in [2.24, 2.45) is 0 Å². The van der Waals surface area contributed by atoms with Gasteiger partial charge in [0.25, 0.3) is 5.91 Å². The number of likely N-dealkylation sites (tertiary alicyclic amines) is 1. The lowest BCUT2D eigenvalue weighted by Crippen LogP contribution is -2.38. The summed E-state index contributed by atoms with van der Waals surface area (Å²) in [4.78, 5) is 35.3. The van der Waals surface area contributed by atoms with E-state index in [0.29, 0.717) is 41.7 Å². The number of aromatic amines is 1. The fourth-order valence-corrected chi connectivity index (χ4v) is 5.68. The highest BCUT2D eigenvalue weighted by Gasteiger charge is 2.27. The number of carbonyl (C=O) groups excluding carboxylic acids is 2. The number of carbonyl (C=O) groups is 2. The van der Waals surface area contributed by atoms with E-state index in [2.05, 4.69) is 15.3 Å². The van der Waals surface area contributed by atoms with Gasteiger partial charge >= 0.3 is 0 Å². The Labute approximate surface area is 212 Å². The van der Waals surface area contributed by atoms with Crippen LogP contribution in [0.25, 0.3) is 10.9 Å². The number of thiazole rings is 1. The van der Waals surface area contributed by atoms with Crippen LogP contribution in [0.15, 0.2) is 54.0 Å². The van der Waals surface area contributed by atoms with E-state index in [-0.39, 0.29) is 17.7 Å². The third-order valence-electron chi connectivity index (χ3n) is 6.38. The maximum Gasteiger partial charge on any atom is 0.275 e. The molecule has 2 N–H and O–H groups in total. The van der Waals surface area contributed by atoms with Gasteiger partial charge in [-0.25, -0.2) is 4.98 Å². The molecule has 1 saturated heterocycles. The minimum Gasteiger partial charge on any atom is -0.495 e. The topological polar surface area (TPSA) is 87.3 Å². The third-order valence-corrected chi connectivity index (χ3v) is 7.68. The molecule has 2 aromatic heterocycles. The van der Waals surface area contributed by atoms with Gasteiger partial charge in [0.2, 0.25) is 5.91 Å². The Balaban J connectivity index is 1.16. The van der Waals surface area contributed by atoms with Crippen molar-refractivity contribution in [2.75, 3.05) is 25.5 Å². The Bertz CT molecular complexity index is 1370. The molecule has 3 heterocycles. The number of ether oxygens (including phenoxy) is 1. The van der Waals surface area contributed by atoms with Crippen LogP contribution in [0.1, 0.15) is 39.8 Å². The van der Waals surface area contributed by atoms with Crippen LogP contribution in [0.2, 0.25) is 5.02 Å². The highest BCUT2D eigenvalue weighted by atomic mass is 35.5. The quantitative estimate of drug-likeness (QED) is 0.360. The molecule has 0 atom stereocenters. The Morgan fingerprint density at radius 3 is 2.80 bits per heavy atom. The highest BCUT2D eigenvalue weighted by Crippen LogP contribution is 2.32. The Morgan fingerprint density at radius 2 is 2.03 bits per heavy atom. The number of halogens is 1. The highest BCUT2D eigenvalue weighted by molar-refractivity contribution is 7.10. The molecule has 180 valence electrons. The molecule has 1 aliphatic rings. The van der Waals surface area contributed by atoms with Crippen molar-refractivity contribution in [3.05, 3.63) is 75.3 Å². The summed E-state index contributed by atoms with van der Waals surface area (Å²) in [6, 6.07) is 13.1. The predicted molar refractivity (Wildman–Crippen MR) is 139 cm³/mol. The summed E-state index contributed by atoms with van der Waals surface area (Å²) in [6.45, 7) is 1.38. The maximum absolute atomic E-state index is 12.9. The average molecular weight is 509 g/mol. The number of hydrogen-bond acceptors (Lipinski definition) is 5. The first-order valence-corrected chi connectivity index (χ1v) is 12.7. The summed E-state index contributed by atoms with van der Waals surface area (Å²) < 4.78 is 5.14. The molecule has 2 aromatic carbocycles. The summed E-state index contributed by atoms with van der Waals surface area (Å²) in [5, 5.41) is 7.08. The number of methoxy groups -OCH3 is 1. The van der Waals surface area contributed by atoms with Gasteiger partial charge in [0.15, 0.2) is 0 Å². The SMILES string of the molecule is COc1ccc(NC(=O)c2csc(C3CCN(C(=O)Cc4c[nH]c5ccccc45)CC3)n2)cc1Cl. The smallest absolute Gasteiger partial charge is 0.275 e. The average Bonchev–Trinajstić information content (AvgIpc) is 3.52. The van der Waals surface area contributed by atoms with Crippen molar-refractivity contribution < 1.29 is 14.3 Å². The maximum atomic E-state index is 12.9. The van der Waals surface area contributed by atoms with Crippen LogP contribution in [-0.2, 0) is 11.2 Å². The van der Waals surface area contributed by atoms with Gasteiger partial charge < -0.3 is 19.9 Å². The van der Waals surface area contributed by atoms with E-state index in [4.69, 9.17) is 16.3 Å². The van der Waals surface area contributed by atoms with Crippen LogP contribution in [0.3, 0.4) is 0 Å². The van der Waals surface area contributed by atoms with Crippen molar-refractivity contribution in [2.45, 2.75) is 25.2 Å². The standard InChI is InChI=1S/C26H25ClN4O3S/c1-34-23-7-6-18(13-20(23)27)29-25(33)22-15-35-26(30-22)16-8-10-31(11-9-16)24(32)12-17-14-28-21-5-3-2-4-19(17)21/h2-7,13-16,28H,8-12H2,1H3,(H,29,33). The third kappa shape index (κ3) is 5.04. The molecule has 0 unspecified atom stereocenters. The van der Waals surface area contributed by atoms with Crippen molar-refractivity contribution in [1.82, 2.24) is 14.9 Å². The van der Waals surface area contributed by atoms with E-state index >= 15 is 0 Å².